The molecule has 17 nitrogen and oxygen atoms in total. The normalized spacial score (nSPS) is 16.4. The summed E-state index contributed by atoms with van der Waals surface area (Å²) in [7, 11) is 0. The first-order valence-corrected chi connectivity index (χ1v) is 25.5. The highest BCUT2D eigenvalue weighted by Crippen LogP contribution is 2.30. The van der Waals surface area contributed by atoms with E-state index in [4.69, 9.17) is 0 Å². The van der Waals surface area contributed by atoms with Crippen LogP contribution in [-0.2, 0) is 32.3 Å². The van der Waals surface area contributed by atoms with Crippen molar-refractivity contribution in [2.24, 2.45) is 5.41 Å². The first-order chi connectivity index (χ1) is 35.1. The van der Waals surface area contributed by atoms with Gasteiger partial charge in [-0.1, -0.05) is 63.2 Å². The molecule has 3 aromatic carbocycles. The molecule has 380 valence electrons. The van der Waals surface area contributed by atoms with Gasteiger partial charge in [-0.15, -0.1) is 11.3 Å². The van der Waals surface area contributed by atoms with Crippen molar-refractivity contribution in [2.45, 2.75) is 91.6 Å². The number of benzene rings is 3. The molecule has 2 saturated heterocycles. The Kier molecular flexibility index (Phi) is 16.7. The molecule has 0 saturated carbocycles. The molecule has 5 N–H and O–H groups in total. The van der Waals surface area contributed by atoms with Gasteiger partial charge in [0.25, 0.3) is 5.91 Å². The van der Waals surface area contributed by atoms with E-state index in [2.05, 4.69) is 46.1 Å². The zero-order valence-electron chi connectivity index (χ0n) is 41.9. The first kappa shape index (κ1) is 51.9. The number of pyridine rings is 1. The van der Waals surface area contributed by atoms with E-state index in [0.717, 1.165) is 49.8 Å². The molecule has 0 aliphatic carbocycles. The maximum absolute atomic E-state index is 14.1. The number of nitrogens with one attached hydrogen (secondary N) is 4. The quantitative estimate of drug-likeness (QED) is 0.0631. The van der Waals surface area contributed by atoms with E-state index in [1.54, 1.807) is 29.9 Å². The molecule has 8 rings (SSSR count). The summed E-state index contributed by atoms with van der Waals surface area (Å²) in [5.74, 6) is -1.01. The Bertz CT molecular complexity index is 2900. The maximum Gasteiger partial charge on any atom is 0.255 e. The minimum atomic E-state index is -0.957. The van der Waals surface area contributed by atoms with Crippen molar-refractivity contribution < 1.29 is 29.1 Å². The number of aryl methyl sites for hydroxylation is 2. The zero-order valence-corrected chi connectivity index (χ0v) is 42.7. The number of aliphatic hydroxyl groups is 1. The van der Waals surface area contributed by atoms with Gasteiger partial charge in [-0.2, -0.15) is 0 Å². The third kappa shape index (κ3) is 13.6. The molecule has 2 unspecified atom stereocenters. The van der Waals surface area contributed by atoms with Crippen LogP contribution in [-0.4, -0.2) is 120 Å². The Morgan fingerprint density at radius 2 is 1.60 bits per heavy atom. The van der Waals surface area contributed by atoms with Gasteiger partial charge in [-0.3, -0.25) is 33.9 Å². The largest absolute Gasteiger partial charge is 0.391 e. The lowest BCUT2D eigenvalue weighted by molar-refractivity contribution is -0.144. The molecule has 6 aromatic rings. The van der Waals surface area contributed by atoms with E-state index in [1.165, 1.54) is 4.90 Å². The van der Waals surface area contributed by atoms with E-state index < -0.39 is 29.5 Å². The van der Waals surface area contributed by atoms with Crippen molar-refractivity contribution in [3.05, 3.63) is 137 Å². The van der Waals surface area contributed by atoms with Crippen LogP contribution in [0.2, 0.25) is 0 Å². The number of hydrogen-bond donors (Lipinski definition) is 5. The monoisotopic (exact) mass is 1010 g/mol. The summed E-state index contributed by atoms with van der Waals surface area (Å²) in [4.78, 5) is 91.6. The molecule has 18 heteroatoms. The molecule has 3 atom stereocenters. The lowest BCUT2D eigenvalue weighted by Gasteiger charge is -2.35. The third-order valence-corrected chi connectivity index (χ3v) is 14.2. The van der Waals surface area contributed by atoms with Gasteiger partial charge in [0.1, 0.15) is 12.1 Å². The first-order valence-electron chi connectivity index (χ1n) is 24.6. The summed E-state index contributed by atoms with van der Waals surface area (Å²) in [6, 6.07) is 24.8. The molecule has 73 heavy (non-hydrogen) atoms. The maximum atomic E-state index is 14.1. The number of carbonyl (C=O) groups excluding carboxylic acids is 5. The van der Waals surface area contributed by atoms with Crippen molar-refractivity contribution >= 4 is 58.2 Å². The molecule has 2 aliphatic heterocycles. The van der Waals surface area contributed by atoms with Crippen molar-refractivity contribution in [3.63, 3.8) is 0 Å². The minimum absolute atomic E-state index is 0.0206. The number of piperazine rings is 1. The number of nitrogens with zero attached hydrogens (tertiary/aromatic N) is 7. The number of hydrogen-bond acceptors (Lipinski definition) is 13. The van der Waals surface area contributed by atoms with E-state index >= 15 is 0 Å². The summed E-state index contributed by atoms with van der Waals surface area (Å²) in [6.07, 6.45) is 4.91. The van der Waals surface area contributed by atoms with Crippen LogP contribution in [0.5, 0.6) is 0 Å². The molecule has 0 radical (unpaired) electrons. The number of β-amino-alcohol motifs (C(OH)–C–C–N with tert-alkyl or cyclic N) is 1. The molecule has 0 bridgehead atoms. The van der Waals surface area contributed by atoms with Crippen molar-refractivity contribution in [1.29, 1.82) is 0 Å². The van der Waals surface area contributed by atoms with Crippen molar-refractivity contribution in [3.8, 4) is 21.7 Å². The molecule has 2 aliphatic rings. The second-order valence-electron chi connectivity index (χ2n) is 19.8. The number of carbonyl (C=O) groups is 5. The SMILES string of the molecule is Cc1ccc(NC(=O)c2ccc(CN3CCN(C(=O)CCCC(=O)N[C@H](C(=O)N4CC(O)CC4C(=O)NCc4ccc(-c5scnc5C)cc4)C(C)(C)C)CC3)cc2)cc1Nc1nccc(-c2cccnc2)n1. The Labute approximate surface area is 429 Å². The standard InChI is InChI=1S/C55H63N11O6S/c1-35-11-20-42(28-45(35)62-54-57-23-21-44(61-54)41-8-7-22-56-31-41)60-51(70)40-18-14-38(15-19-40)32-64-24-26-65(27-25-64)48(69)10-6-9-47(68)63-50(55(3,4)5)53(72)66-33-43(67)29-46(66)52(71)58-30-37-12-16-39(17-13-37)49-36(2)59-34-73-49/h7-8,11-23,28,31,34,43,46,50,67H,6,9-10,24-27,29-30,32-33H2,1-5H3,(H,58,71)(H,60,70)(H,63,68)(H,57,61,62)/t43?,46?,50-/m1/s1. The van der Waals surface area contributed by atoms with Crippen LogP contribution in [0.4, 0.5) is 17.3 Å². The highest BCUT2D eigenvalue weighted by atomic mass is 32.1. The average molecular weight is 1010 g/mol. The van der Waals surface area contributed by atoms with E-state index in [9.17, 15) is 29.1 Å². The van der Waals surface area contributed by atoms with Crippen LogP contribution in [0.15, 0.2) is 109 Å². The molecular formula is C55H63N11O6S. The lowest BCUT2D eigenvalue weighted by Crippen LogP contribution is -2.57. The van der Waals surface area contributed by atoms with Crippen LogP contribution >= 0.6 is 11.3 Å². The van der Waals surface area contributed by atoms with Crippen LogP contribution < -0.4 is 21.3 Å². The highest BCUT2D eigenvalue weighted by Gasteiger charge is 2.44. The summed E-state index contributed by atoms with van der Waals surface area (Å²) < 4.78 is 0. The second-order valence-corrected chi connectivity index (χ2v) is 20.6. The molecule has 5 amide bonds. The van der Waals surface area contributed by atoms with Gasteiger partial charge >= 0.3 is 0 Å². The average Bonchev–Trinajstić information content (AvgIpc) is 4.01. The fourth-order valence-corrected chi connectivity index (χ4v) is 9.81. The number of aromatic nitrogens is 4. The minimum Gasteiger partial charge on any atom is -0.391 e. The smallest absolute Gasteiger partial charge is 0.255 e. The van der Waals surface area contributed by atoms with Gasteiger partial charge in [-0.05, 0) is 90.4 Å². The van der Waals surface area contributed by atoms with Gasteiger partial charge in [0.2, 0.25) is 29.6 Å². The number of aliphatic hydroxyl groups excluding tert-OH is 1. The zero-order chi connectivity index (χ0) is 51.6. The van der Waals surface area contributed by atoms with Crippen LogP contribution in [0.1, 0.15) is 79.2 Å². The fraction of sp³-hybridized carbons (Fsp3) is 0.364. The molecule has 0 spiro atoms. The van der Waals surface area contributed by atoms with Gasteiger partial charge < -0.3 is 36.2 Å². The Balaban J connectivity index is 0.752. The Morgan fingerprint density at radius 3 is 2.30 bits per heavy atom. The second kappa shape index (κ2) is 23.4. The fourth-order valence-electron chi connectivity index (χ4n) is 9.00. The molecule has 2 fully saturated rings. The van der Waals surface area contributed by atoms with Crippen molar-refractivity contribution in [1.82, 2.24) is 45.3 Å². The number of amides is 5. The molecule has 5 heterocycles. The van der Waals surface area contributed by atoms with Crippen molar-refractivity contribution in [2.75, 3.05) is 43.4 Å². The number of rotatable bonds is 17. The van der Waals surface area contributed by atoms with E-state index in [1.807, 2.05) is 130 Å². The summed E-state index contributed by atoms with van der Waals surface area (Å²) in [6.45, 7) is 12.8. The highest BCUT2D eigenvalue weighted by molar-refractivity contribution is 7.13. The molecular weight excluding hydrogens is 943 g/mol. The van der Waals surface area contributed by atoms with Gasteiger partial charge in [0.15, 0.2) is 0 Å². The Morgan fingerprint density at radius 1 is 0.849 bits per heavy atom. The summed E-state index contributed by atoms with van der Waals surface area (Å²) >= 11 is 1.57. The molecule has 3 aromatic heterocycles. The number of anilines is 3. The Hall–Kier alpha value is -7.41. The van der Waals surface area contributed by atoms with Gasteiger partial charge in [0.05, 0.1) is 27.9 Å². The van der Waals surface area contributed by atoms with E-state index in [-0.39, 0.29) is 56.0 Å². The van der Waals surface area contributed by atoms with Gasteiger partial charge in [0, 0.05) is 106 Å². The van der Waals surface area contributed by atoms with E-state index in [0.29, 0.717) is 56.3 Å². The topological polar surface area (TPSA) is 215 Å². The van der Waals surface area contributed by atoms with Gasteiger partial charge in [-0.25, -0.2) is 15.0 Å². The lowest BCUT2D eigenvalue weighted by atomic mass is 9.85. The van der Waals surface area contributed by atoms with Crippen LogP contribution in [0, 0.1) is 19.3 Å². The third-order valence-electron chi connectivity index (χ3n) is 13.2. The van der Waals surface area contributed by atoms with Crippen LogP contribution in [0.25, 0.3) is 21.7 Å². The summed E-state index contributed by atoms with van der Waals surface area (Å²) in [5.41, 5.74) is 9.53. The number of thiazole rings is 1. The number of likely N-dealkylation sites (tertiary alicyclic amines) is 1. The van der Waals surface area contributed by atoms with Crippen LogP contribution in [0.3, 0.4) is 0 Å². The predicted octanol–water partition coefficient (Wildman–Crippen LogP) is 6.90. The predicted molar refractivity (Wildman–Crippen MR) is 281 cm³/mol. The summed E-state index contributed by atoms with van der Waals surface area (Å²) in [5, 5.41) is 22.7.